The van der Waals surface area contributed by atoms with Crippen LogP contribution in [0.3, 0.4) is 0 Å². The summed E-state index contributed by atoms with van der Waals surface area (Å²) >= 11 is 0. The lowest BCUT2D eigenvalue weighted by Gasteiger charge is -2.29. The lowest BCUT2D eigenvalue weighted by atomic mass is 10.1. The maximum Gasteiger partial charge on any atom is 0.377 e. The summed E-state index contributed by atoms with van der Waals surface area (Å²) in [7, 11) is -0.0722. The first kappa shape index (κ1) is 21.2. The number of phosphoric acid groups is 1. The minimum Gasteiger partial charge on any atom is -0.606 e. The maximum atomic E-state index is 11.6. The van der Waals surface area contributed by atoms with Gasteiger partial charge in [-0.2, -0.15) is 13.9 Å². The summed E-state index contributed by atoms with van der Waals surface area (Å²) in [5, 5.41) is 8.90. The molecule has 0 aliphatic carbocycles. The van der Waals surface area contributed by atoms with Gasteiger partial charge in [-0.15, -0.1) is 0 Å². The van der Waals surface area contributed by atoms with Gasteiger partial charge in [-0.05, 0) is 6.42 Å². The zero-order chi connectivity index (χ0) is 16.2. The molecule has 128 valence electrons. The Morgan fingerprint density at radius 2 is 1.52 bits per heavy atom. The van der Waals surface area contributed by atoms with Gasteiger partial charge in [0.05, 0.1) is 27.3 Å². The topological polar surface area (TPSA) is 82.0 Å². The number of unbranched alkanes of at least 4 members (excludes halogenated alkanes) is 5. The second kappa shape index (κ2) is 11.7. The molecule has 0 bridgehead atoms. The zero-order valence-corrected chi connectivity index (χ0v) is 14.7. The molecule has 21 heavy (non-hydrogen) atoms. The molecule has 0 radical (unpaired) electrons. The summed E-state index contributed by atoms with van der Waals surface area (Å²) in [5.74, 6) is 0. The van der Waals surface area contributed by atoms with Gasteiger partial charge in [0.2, 0.25) is 0 Å². The molecular formula is C14H33NO5P+. The average molecular weight is 326 g/mol. The van der Waals surface area contributed by atoms with Gasteiger partial charge in [0, 0.05) is 0 Å². The third kappa shape index (κ3) is 13.6. The normalized spacial score (nSPS) is 15.1. The smallest absolute Gasteiger partial charge is 0.377 e. The van der Waals surface area contributed by atoms with Gasteiger partial charge in [-0.25, -0.2) is 0 Å². The summed E-state index contributed by atoms with van der Waals surface area (Å²) in [6.07, 6.45) is 6.60. The van der Waals surface area contributed by atoms with E-state index in [9.17, 15) is 9.79 Å². The van der Waals surface area contributed by atoms with E-state index in [-0.39, 0.29) is 19.8 Å². The van der Waals surface area contributed by atoms with Gasteiger partial charge in [0.15, 0.2) is 0 Å². The number of likely N-dealkylation sites (N-methyl/N-ethyl adjacent to an activating group) is 1. The Hall–Kier alpha value is 0.190. The second-order valence-corrected chi connectivity index (χ2v) is 7.46. The number of aliphatic hydroxyl groups excluding tert-OH is 1. The Labute approximate surface area is 129 Å². The monoisotopic (exact) mass is 326 g/mol. The SMILES string of the molecule is CCCCCCCCO[P+]([O-])(O)OCC[N+](C)(C)CCO. The fourth-order valence-electron chi connectivity index (χ4n) is 1.89. The number of phosphoric ester groups is 1. The van der Waals surface area contributed by atoms with Crippen LogP contribution in [0.15, 0.2) is 0 Å². The number of hydrogen-bond acceptors (Lipinski definition) is 5. The Balaban J connectivity index is 3.64. The molecule has 0 aromatic rings. The van der Waals surface area contributed by atoms with Crippen molar-refractivity contribution in [1.29, 1.82) is 0 Å². The molecule has 7 heteroatoms. The van der Waals surface area contributed by atoms with Gasteiger partial charge < -0.3 is 14.5 Å². The van der Waals surface area contributed by atoms with Crippen molar-refractivity contribution >= 4 is 8.17 Å². The van der Waals surface area contributed by atoms with Crippen molar-refractivity contribution in [1.82, 2.24) is 0 Å². The molecule has 0 spiro atoms. The van der Waals surface area contributed by atoms with Crippen molar-refractivity contribution in [3.05, 3.63) is 0 Å². The standard InChI is InChI=1S/C14H32NO5P/c1-4-5-6-7-8-9-13-19-21(17,18)20-14-11-15(2,3)10-12-16/h16H,4-14H2,1-3H3/p+1. The lowest BCUT2D eigenvalue weighted by Crippen LogP contribution is -2.44. The van der Waals surface area contributed by atoms with Crippen LogP contribution in [0.4, 0.5) is 0 Å². The molecule has 0 aliphatic rings. The molecule has 6 nitrogen and oxygen atoms in total. The first-order valence-corrected chi connectivity index (χ1v) is 9.37. The highest BCUT2D eigenvalue weighted by atomic mass is 31.2. The van der Waals surface area contributed by atoms with Crippen molar-refractivity contribution in [2.24, 2.45) is 0 Å². The van der Waals surface area contributed by atoms with Crippen LogP contribution in [0, 0.1) is 0 Å². The van der Waals surface area contributed by atoms with Crippen molar-refractivity contribution in [2.45, 2.75) is 45.4 Å². The Kier molecular flexibility index (Phi) is 11.8. The molecule has 1 atom stereocenters. The quantitative estimate of drug-likeness (QED) is 0.287. The first-order valence-electron chi connectivity index (χ1n) is 7.88. The van der Waals surface area contributed by atoms with Gasteiger partial charge in [-0.3, -0.25) is 0 Å². The van der Waals surface area contributed by atoms with Crippen LogP contribution in [0.2, 0.25) is 0 Å². The highest BCUT2D eigenvalue weighted by Crippen LogP contribution is 2.47. The van der Waals surface area contributed by atoms with Crippen LogP contribution in [0.25, 0.3) is 0 Å². The summed E-state index contributed by atoms with van der Waals surface area (Å²) in [5.41, 5.74) is 0. The molecule has 0 rings (SSSR count). The summed E-state index contributed by atoms with van der Waals surface area (Å²) in [4.78, 5) is 21.2. The molecule has 1 unspecified atom stereocenters. The van der Waals surface area contributed by atoms with Crippen molar-refractivity contribution in [3.63, 3.8) is 0 Å². The molecule has 0 aromatic carbocycles. The zero-order valence-electron chi connectivity index (χ0n) is 13.8. The summed E-state index contributed by atoms with van der Waals surface area (Å²) < 4.78 is 10.4. The van der Waals surface area contributed by atoms with Crippen LogP contribution in [0.5, 0.6) is 0 Å². The number of rotatable bonds is 14. The fourth-order valence-corrected chi connectivity index (χ4v) is 2.63. The Morgan fingerprint density at radius 1 is 0.952 bits per heavy atom. The Bertz CT molecular complexity index is 252. The molecule has 0 heterocycles. The fraction of sp³-hybridized carbons (Fsp3) is 1.00. The summed E-state index contributed by atoms with van der Waals surface area (Å²) in [6.45, 7) is 3.77. The summed E-state index contributed by atoms with van der Waals surface area (Å²) in [6, 6.07) is 0. The number of hydrogen-bond donors (Lipinski definition) is 2. The minimum absolute atomic E-state index is 0.0817. The predicted molar refractivity (Wildman–Crippen MR) is 83.3 cm³/mol. The van der Waals surface area contributed by atoms with E-state index in [0.29, 0.717) is 17.6 Å². The number of quaternary nitrogens is 1. The van der Waals surface area contributed by atoms with Crippen molar-refractivity contribution < 1.29 is 28.4 Å². The van der Waals surface area contributed by atoms with Crippen LogP contribution in [0.1, 0.15) is 45.4 Å². The number of aliphatic hydroxyl groups is 1. The van der Waals surface area contributed by atoms with E-state index in [2.05, 4.69) is 6.92 Å². The Morgan fingerprint density at radius 3 is 2.14 bits per heavy atom. The minimum atomic E-state index is -3.93. The maximum absolute atomic E-state index is 11.6. The average Bonchev–Trinajstić information content (AvgIpc) is 2.37. The molecule has 0 saturated heterocycles. The molecule has 0 aromatic heterocycles. The highest BCUT2D eigenvalue weighted by Gasteiger charge is 2.28. The van der Waals surface area contributed by atoms with Crippen LogP contribution >= 0.6 is 8.17 Å². The molecule has 0 amide bonds. The molecule has 0 aliphatic heterocycles. The van der Waals surface area contributed by atoms with Crippen LogP contribution in [-0.4, -0.2) is 61.5 Å². The van der Waals surface area contributed by atoms with E-state index in [0.717, 1.165) is 19.3 Å². The lowest BCUT2D eigenvalue weighted by molar-refractivity contribution is -0.890. The van der Waals surface area contributed by atoms with E-state index in [1.54, 1.807) is 0 Å². The molecule has 2 N–H and O–H groups in total. The molecule has 0 fully saturated rings. The van der Waals surface area contributed by atoms with Crippen LogP contribution in [-0.2, 0) is 9.05 Å². The first-order chi connectivity index (χ1) is 9.83. The van der Waals surface area contributed by atoms with Crippen LogP contribution < -0.4 is 4.89 Å². The second-order valence-electron chi connectivity index (χ2n) is 6.01. The van der Waals surface area contributed by atoms with Gasteiger partial charge in [0.1, 0.15) is 19.7 Å². The van der Waals surface area contributed by atoms with Gasteiger partial charge in [0.25, 0.3) is 0 Å². The molecule has 0 saturated carbocycles. The van der Waals surface area contributed by atoms with E-state index >= 15 is 0 Å². The van der Waals surface area contributed by atoms with E-state index in [1.807, 2.05) is 14.1 Å². The van der Waals surface area contributed by atoms with Crippen molar-refractivity contribution in [2.75, 3.05) is 47.0 Å². The van der Waals surface area contributed by atoms with Crippen molar-refractivity contribution in [3.8, 4) is 0 Å². The number of nitrogens with zero attached hydrogens (tertiary/aromatic N) is 1. The third-order valence-electron chi connectivity index (χ3n) is 3.41. The van der Waals surface area contributed by atoms with E-state index < -0.39 is 8.17 Å². The largest absolute Gasteiger partial charge is 0.606 e. The highest BCUT2D eigenvalue weighted by molar-refractivity contribution is 7.52. The van der Waals surface area contributed by atoms with E-state index in [1.165, 1.54) is 19.3 Å². The predicted octanol–water partition coefficient (Wildman–Crippen LogP) is 1.48. The van der Waals surface area contributed by atoms with Gasteiger partial charge >= 0.3 is 8.17 Å². The molecular weight excluding hydrogens is 293 g/mol. The van der Waals surface area contributed by atoms with E-state index in [4.69, 9.17) is 14.2 Å². The van der Waals surface area contributed by atoms with Gasteiger partial charge in [-0.1, -0.05) is 39.0 Å². The third-order valence-corrected chi connectivity index (χ3v) is 4.43.